The summed E-state index contributed by atoms with van der Waals surface area (Å²) in [6.45, 7) is 0. The quantitative estimate of drug-likeness (QED) is 0.294. The molecule has 5 aromatic rings. The van der Waals surface area contributed by atoms with Crippen LogP contribution >= 0.6 is 0 Å². The van der Waals surface area contributed by atoms with Gasteiger partial charge in [-0.25, -0.2) is 13.8 Å². The van der Waals surface area contributed by atoms with E-state index in [0.717, 1.165) is 11.1 Å². The third-order valence-corrected chi connectivity index (χ3v) is 5.52. The van der Waals surface area contributed by atoms with E-state index in [4.69, 9.17) is 4.98 Å². The van der Waals surface area contributed by atoms with Crippen molar-refractivity contribution in [2.45, 2.75) is 0 Å². The number of aromatic nitrogens is 2. The van der Waals surface area contributed by atoms with E-state index in [0.29, 0.717) is 33.9 Å². The van der Waals surface area contributed by atoms with Gasteiger partial charge in [0.15, 0.2) is 5.78 Å². The number of halogens is 2. The van der Waals surface area contributed by atoms with Crippen LogP contribution in [0.25, 0.3) is 33.9 Å². The summed E-state index contributed by atoms with van der Waals surface area (Å²) in [6, 6.07) is 25.2. The minimum Gasteiger partial charge on any atom is -0.507 e. The monoisotopic (exact) mass is 452 g/mol. The molecule has 0 aliphatic rings. The molecule has 0 saturated heterocycles. The first-order valence-electron chi connectivity index (χ1n) is 10.5. The zero-order valence-corrected chi connectivity index (χ0v) is 17.8. The number of phenols is 1. The summed E-state index contributed by atoms with van der Waals surface area (Å²) >= 11 is 0. The molecule has 34 heavy (non-hydrogen) atoms. The van der Waals surface area contributed by atoms with Gasteiger partial charge in [-0.05, 0) is 60.7 Å². The lowest BCUT2D eigenvalue weighted by atomic mass is 9.99. The van der Waals surface area contributed by atoms with Crippen molar-refractivity contribution < 1.29 is 18.7 Å². The number of hydrogen-bond donors (Lipinski definition) is 2. The summed E-state index contributed by atoms with van der Waals surface area (Å²) < 4.78 is 26.7. The Morgan fingerprint density at radius 1 is 0.706 bits per heavy atom. The Morgan fingerprint density at radius 3 is 1.85 bits per heavy atom. The van der Waals surface area contributed by atoms with Gasteiger partial charge < -0.3 is 10.1 Å². The van der Waals surface area contributed by atoms with Crippen molar-refractivity contribution in [2.75, 3.05) is 0 Å². The number of H-pyrrole nitrogens is 1. The van der Waals surface area contributed by atoms with Crippen LogP contribution < -0.4 is 0 Å². The number of para-hydroxylation sites is 1. The number of phenolic OH excluding ortho intramolecular Hbond substituents is 1. The number of nitrogens with one attached hydrogen (secondary N) is 1. The second kappa shape index (κ2) is 8.75. The molecule has 0 unspecified atom stereocenters. The average molecular weight is 452 g/mol. The van der Waals surface area contributed by atoms with Gasteiger partial charge in [-0.3, -0.25) is 4.79 Å². The number of hydrogen-bond acceptors (Lipinski definition) is 3. The number of aromatic amines is 1. The lowest BCUT2D eigenvalue weighted by Crippen LogP contribution is -2.01. The van der Waals surface area contributed by atoms with E-state index in [1.54, 1.807) is 60.7 Å². The van der Waals surface area contributed by atoms with Gasteiger partial charge in [0.2, 0.25) is 0 Å². The molecule has 0 aliphatic carbocycles. The van der Waals surface area contributed by atoms with E-state index in [9.17, 15) is 18.7 Å². The van der Waals surface area contributed by atoms with Gasteiger partial charge in [0.25, 0.3) is 0 Å². The third-order valence-electron chi connectivity index (χ3n) is 5.52. The van der Waals surface area contributed by atoms with Gasteiger partial charge >= 0.3 is 0 Å². The van der Waals surface area contributed by atoms with Gasteiger partial charge in [0.1, 0.15) is 23.2 Å². The molecule has 5 rings (SSSR count). The molecule has 0 aliphatic heterocycles. The average Bonchev–Trinajstić information content (AvgIpc) is 3.30. The van der Waals surface area contributed by atoms with Crippen molar-refractivity contribution >= 4 is 5.78 Å². The topological polar surface area (TPSA) is 66.0 Å². The van der Waals surface area contributed by atoms with E-state index in [1.165, 1.54) is 36.4 Å². The molecule has 0 fully saturated rings. The van der Waals surface area contributed by atoms with Gasteiger partial charge in [-0.15, -0.1) is 0 Å². The number of nitrogens with zero attached hydrogens (tertiary/aromatic N) is 1. The third kappa shape index (κ3) is 4.09. The summed E-state index contributed by atoms with van der Waals surface area (Å²) in [5.41, 5.74) is 4.06. The zero-order chi connectivity index (χ0) is 23.7. The molecule has 0 radical (unpaired) electrons. The Bertz CT molecular complexity index is 1470. The van der Waals surface area contributed by atoms with Crippen molar-refractivity contribution in [3.05, 3.63) is 120 Å². The van der Waals surface area contributed by atoms with Crippen LogP contribution in [0.1, 0.15) is 15.9 Å². The highest BCUT2D eigenvalue weighted by molar-refractivity contribution is 6.09. The molecule has 0 bridgehead atoms. The maximum atomic E-state index is 13.5. The van der Waals surface area contributed by atoms with Gasteiger partial charge in [0, 0.05) is 22.3 Å². The molecule has 4 nitrogen and oxygen atoms in total. The smallest absolute Gasteiger partial charge is 0.193 e. The Kier molecular flexibility index (Phi) is 5.47. The Morgan fingerprint density at radius 2 is 1.24 bits per heavy atom. The van der Waals surface area contributed by atoms with Crippen molar-refractivity contribution in [3.63, 3.8) is 0 Å². The predicted octanol–water partition coefficient (Wildman–Crippen LogP) is 6.63. The summed E-state index contributed by atoms with van der Waals surface area (Å²) in [7, 11) is 0. The van der Waals surface area contributed by atoms with Crippen LogP contribution in [0.2, 0.25) is 0 Å². The molecular weight excluding hydrogens is 434 g/mol. The van der Waals surface area contributed by atoms with Crippen molar-refractivity contribution in [2.24, 2.45) is 0 Å². The number of rotatable bonds is 5. The molecule has 166 valence electrons. The van der Waals surface area contributed by atoms with Gasteiger partial charge in [0.05, 0.1) is 17.0 Å². The van der Waals surface area contributed by atoms with Gasteiger partial charge in [-0.1, -0.05) is 36.4 Å². The van der Waals surface area contributed by atoms with Crippen molar-refractivity contribution in [1.82, 2.24) is 9.97 Å². The maximum Gasteiger partial charge on any atom is 0.193 e. The van der Waals surface area contributed by atoms with Crippen LogP contribution in [-0.2, 0) is 0 Å². The Labute approximate surface area is 194 Å². The van der Waals surface area contributed by atoms with Crippen LogP contribution in [-0.4, -0.2) is 20.9 Å². The van der Waals surface area contributed by atoms with Crippen molar-refractivity contribution in [3.8, 4) is 39.7 Å². The fourth-order valence-corrected chi connectivity index (χ4v) is 3.76. The lowest BCUT2D eigenvalue weighted by Gasteiger charge is -2.05. The van der Waals surface area contributed by atoms with E-state index >= 15 is 0 Å². The Hall–Kier alpha value is -4.58. The summed E-state index contributed by atoms with van der Waals surface area (Å²) in [5, 5.41) is 10.3. The number of benzene rings is 4. The van der Waals surface area contributed by atoms with E-state index in [1.807, 2.05) is 0 Å². The summed E-state index contributed by atoms with van der Waals surface area (Å²) in [6.07, 6.45) is 0. The zero-order valence-electron chi connectivity index (χ0n) is 17.8. The van der Waals surface area contributed by atoms with Crippen LogP contribution in [0.15, 0.2) is 97.1 Å². The maximum absolute atomic E-state index is 13.5. The summed E-state index contributed by atoms with van der Waals surface area (Å²) in [4.78, 5) is 20.7. The number of carbonyl (C=O) groups is 1. The van der Waals surface area contributed by atoms with Gasteiger partial charge in [-0.2, -0.15) is 0 Å². The molecule has 0 saturated carbocycles. The predicted molar refractivity (Wildman–Crippen MR) is 126 cm³/mol. The first kappa shape index (κ1) is 21.3. The highest BCUT2D eigenvalue weighted by Crippen LogP contribution is 2.35. The van der Waals surface area contributed by atoms with Crippen LogP contribution in [0.3, 0.4) is 0 Å². The summed E-state index contributed by atoms with van der Waals surface area (Å²) in [5.74, 6) is -0.441. The molecule has 4 aromatic carbocycles. The first-order chi connectivity index (χ1) is 16.5. The normalized spacial score (nSPS) is 10.9. The first-order valence-corrected chi connectivity index (χ1v) is 10.5. The van der Waals surface area contributed by atoms with Crippen molar-refractivity contribution in [1.29, 1.82) is 0 Å². The van der Waals surface area contributed by atoms with E-state index < -0.39 is 5.82 Å². The molecule has 1 aromatic heterocycles. The fourth-order valence-electron chi connectivity index (χ4n) is 3.76. The highest BCUT2D eigenvalue weighted by Gasteiger charge is 2.18. The molecule has 0 spiro atoms. The second-order valence-electron chi connectivity index (χ2n) is 7.75. The second-order valence-corrected chi connectivity index (χ2v) is 7.75. The minimum absolute atomic E-state index is 0.0775. The van der Waals surface area contributed by atoms with E-state index in [2.05, 4.69) is 4.98 Å². The number of ketones is 1. The molecule has 0 atom stereocenters. The molecule has 2 N–H and O–H groups in total. The number of carbonyl (C=O) groups excluding carboxylic acids is 1. The SMILES string of the molecule is O=C(c1ccc(F)cc1)c1ccc(-c2nc(-c3ccccc3O)[nH]c2-c2ccc(F)cc2)cc1. The van der Waals surface area contributed by atoms with Crippen LogP contribution in [0.4, 0.5) is 8.78 Å². The standard InChI is InChI=1S/C28H18F2N2O2/c29-21-13-9-18(10-14-21)26-25(31-28(32-26)23-3-1-2-4-24(23)33)17-5-7-19(8-6-17)27(34)20-11-15-22(30)16-12-20/h1-16,33H,(H,31,32). The highest BCUT2D eigenvalue weighted by atomic mass is 19.1. The minimum atomic E-state index is -0.404. The lowest BCUT2D eigenvalue weighted by molar-refractivity contribution is 0.103. The largest absolute Gasteiger partial charge is 0.507 e. The molecule has 1 heterocycles. The Balaban J connectivity index is 1.57. The molecule has 0 amide bonds. The van der Waals surface area contributed by atoms with Crippen LogP contribution in [0.5, 0.6) is 5.75 Å². The number of aromatic hydroxyl groups is 1. The van der Waals surface area contributed by atoms with E-state index in [-0.39, 0.29) is 17.3 Å². The fraction of sp³-hybridized carbons (Fsp3) is 0. The number of imidazole rings is 1. The van der Waals surface area contributed by atoms with Crippen LogP contribution in [0, 0.1) is 11.6 Å². The molecular formula is C28H18F2N2O2. The molecule has 6 heteroatoms.